The van der Waals surface area contributed by atoms with E-state index in [2.05, 4.69) is 76.6 Å². The average Bonchev–Trinajstić information content (AvgIpc) is 2.76. The third kappa shape index (κ3) is 1.94. The average molecular weight is 241 g/mol. The quantitative estimate of drug-likeness (QED) is 0.709. The largest absolute Gasteiger partial charge is 0.345 e. The summed E-state index contributed by atoms with van der Waals surface area (Å²) in [6.07, 6.45) is 6.37. The highest BCUT2D eigenvalue weighted by atomic mass is 32.2. The molecule has 0 amide bonds. The van der Waals surface area contributed by atoms with Crippen LogP contribution in [0.25, 0.3) is 11.6 Å². The van der Waals surface area contributed by atoms with E-state index in [4.69, 9.17) is 0 Å². The van der Waals surface area contributed by atoms with Crippen molar-refractivity contribution in [2.75, 3.05) is 7.05 Å². The summed E-state index contributed by atoms with van der Waals surface area (Å²) in [6.45, 7) is 0. The molecule has 0 aliphatic carbocycles. The SMILES string of the molecule is CN1C=CSC1=Cc1cccc2cccc[n+]12. The maximum Gasteiger partial charge on any atom is 0.213 e. The molecule has 0 unspecified atom stereocenters. The normalized spacial score (nSPS) is 17.2. The van der Waals surface area contributed by atoms with Gasteiger partial charge in [0.25, 0.3) is 0 Å². The molecule has 1 aliphatic rings. The molecule has 0 radical (unpaired) electrons. The molecule has 2 nitrogen and oxygen atoms in total. The van der Waals surface area contributed by atoms with Gasteiger partial charge in [-0.3, -0.25) is 0 Å². The molecular formula is C14H13N2S+. The Morgan fingerprint density at radius 1 is 1.18 bits per heavy atom. The van der Waals surface area contributed by atoms with Crippen LogP contribution in [0.2, 0.25) is 0 Å². The molecule has 3 rings (SSSR count). The molecule has 1 aliphatic heterocycles. The van der Waals surface area contributed by atoms with Crippen molar-refractivity contribution in [3.63, 3.8) is 0 Å². The molecule has 3 heteroatoms. The number of pyridine rings is 2. The van der Waals surface area contributed by atoms with Crippen molar-refractivity contribution >= 4 is 23.4 Å². The summed E-state index contributed by atoms with van der Waals surface area (Å²) in [5.41, 5.74) is 2.40. The number of aromatic nitrogens is 1. The van der Waals surface area contributed by atoms with Crippen molar-refractivity contribution in [1.82, 2.24) is 4.90 Å². The van der Waals surface area contributed by atoms with Gasteiger partial charge in [0.15, 0.2) is 6.20 Å². The van der Waals surface area contributed by atoms with E-state index in [1.807, 2.05) is 0 Å². The molecule has 84 valence electrons. The molecule has 0 saturated heterocycles. The lowest BCUT2D eigenvalue weighted by molar-refractivity contribution is -0.514. The van der Waals surface area contributed by atoms with Gasteiger partial charge in [0, 0.05) is 43.6 Å². The zero-order valence-electron chi connectivity index (χ0n) is 9.58. The number of hydrogen-bond acceptors (Lipinski definition) is 2. The number of rotatable bonds is 1. The van der Waals surface area contributed by atoms with Crippen LogP contribution in [-0.2, 0) is 0 Å². The van der Waals surface area contributed by atoms with E-state index in [1.165, 1.54) is 16.2 Å². The van der Waals surface area contributed by atoms with E-state index in [-0.39, 0.29) is 0 Å². The first-order valence-electron chi connectivity index (χ1n) is 5.52. The third-order valence-electron chi connectivity index (χ3n) is 2.80. The van der Waals surface area contributed by atoms with Gasteiger partial charge in [-0.15, -0.1) is 0 Å². The van der Waals surface area contributed by atoms with Crippen molar-refractivity contribution in [3.8, 4) is 0 Å². The predicted molar refractivity (Wildman–Crippen MR) is 72.1 cm³/mol. The van der Waals surface area contributed by atoms with Crippen LogP contribution in [0.3, 0.4) is 0 Å². The highest BCUT2D eigenvalue weighted by Gasteiger charge is 2.12. The molecule has 0 fully saturated rings. The molecule has 0 saturated carbocycles. The lowest BCUT2D eigenvalue weighted by atomic mass is 10.3. The van der Waals surface area contributed by atoms with Crippen LogP contribution in [-0.4, -0.2) is 11.9 Å². The Morgan fingerprint density at radius 2 is 2.06 bits per heavy atom. The van der Waals surface area contributed by atoms with Crippen molar-refractivity contribution in [3.05, 3.63) is 64.9 Å². The Bertz CT molecular complexity index is 611. The summed E-state index contributed by atoms with van der Waals surface area (Å²) in [5.74, 6) is 0. The molecule has 0 atom stereocenters. The molecule has 2 aromatic rings. The molecule has 3 heterocycles. The number of thioether (sulfide) groups is 1. The first-order chi connectivity index (χ1) is 8.34. The monoisotopic (exact) mass is 241 g/mol. The van der Waals surface area contributed by atoms with Crippen molar-refractivity contribution in [2.24, 2.45) is 0 Å². The minimum atomic E-state index is 1.20. The van der Waals surface area contributed by atoms with Crippen molar-refractivity contribution in [1.29, 1.82) is 0 Å². The van der Waals surface area contributed by atoms with E-state index >= 15 is 0 Å². The lowest BCUT2D eigenvalue weighted by Gasteiger charge is -2.08. The van der Waals surface area contributed by atoms with Gasteiger partial charge in [0.1, 0.15) is 0 Å². The molecule has 17 heavy (non-hydrogen) atoms. The smallest absolute Gasteiger partial charge is 0.213 e. The van der Waals surface area contributed by atoms with Crippen LogP contribution in [0.15, 0.2) is 59.2 Å². The summed E-state index contributed by atoms with van der Waals surface area (Å²) in [5, 5.41) is 3.34. The summed E-state index contributed by atoms with van der Waals surface area (Å²) in [7, 11) is 2.07. The van der Waals surface area contributed by atoms with Crippen molar-refractivity contribution < 1.29 is 4.40 Å². The molecule has 2 aromatic heterocycles. The van der Waals surface area contributed by atoms with Gasteiger partial charge in [-0.2, -0.15) is 4.40 Å². The van der Waals surface area contributed by atoms with Crippen molar-refractivity contribution in [2.45, 2.75) is 0 Å². The summed E-state index contributed by atoms with van der Waals surface area (Å²) < 4.78 is 2.19. The first-order valence-corrected chi connectivity index (χ1v) is 6.40. The fourth-order valence-electron chi connectivity index (χ4n) is 1.88. The standard InChI is InChI=1S/C14H13N2S/c1-15-9-10-17-14(15)11-13-7-4-6-12-5-2-3-8-16(12)13/h2-11H,1H3/q+1. The maximum atomic E-state index is 2.21. The molecule has 0 spiro atoms. The van der Waals surface area contributed by atoms with Crippen LogP contribution < -0.4 is 4.40 Å². The zero-order chi connectivity index (χ0) is 11.7. The van der Waals surface area contributed by atoms with Gasteiger partial charge >= 0.3 is 0 Å². The van der Waals surface area contributed by atoms with Gasteiger partial charge in [-0.05, 0) is 17.5 Å². The fourth-order valence-corrected chi connectivity index (χ4v) is 2.68. The maximum absolute atomic E-state index is 2.21. The number of nitrogens with zero attached hydrogens (tertiary/aromatic N) is 2. The first kappa shape index (κ1) is 10.4. The van der Waals surface area contributed by atoms with Gasteiger partial charge in [-0.1, -0.05) is 11.8 Å². The van der Waals surface area contributed by atoms with Gasteiger partial charge in [0.2, 0.25) is 11.2 Å². The van der Waals surface area contributed by atoms with Crippen LogP contribution in [0.4, 0.5) is 0 Å². The van der Waals surface area contributed by atoms with Crippen LogP contribution >= 0.6 is 11.8 Å². The Labute approximate surface area is 105 Å². The topological polar surface area (TPSA) is 7.34 Å². The highest BCUT2D eigenvalue weighted by Crippen LogP contribution is 2.28. The van der Waals surface area contributed by atoms with Gasteiger partial charge in [-0.25, -0.2) is 0 Å². The zero-order valence-corrected chi connectivity index (χ0v) is 10.4. The second kappa shape index (κ2) is 4.26. The van der Waals surface area contributed by atoms with E-state index in [0.29, 0.717) is 0 Å². The molecule has 0 N–H and O–H groups in total. The minimum absolute atomic E-state index is 1.20. The lowest BCUT2D eigenvalue weighted by Crippen LogP contribution is -2.24. The van der Waals surface area contributed by atoms with E-state index < -0.39 is 0 Å². The van der Waals surface area contributed by atoms with Gasteiger partial charge < -0.3 is 4.90 Å². The Balaban J connectivity index is 2.12. The van der Waals surface area contributed by atoms with Crippen LogP contribution in [0.1, 0.15) is 5.69 Å². The number of hydrogen-bond donors (Lipinski definition) is 0. The molecular weight excluding hydrogens is 228 g/mol. The van der Waals surface area contributed by atoms with Crippen LogP contribution in [0.5, 0.6) is 0 Å². The molecule has 0 aromatic carbocycles. The summed E-state index contributed by atoms with van der Waals surface area (Å²) >= 11 is 1.75. The second-order valence-corrected chi connectivity index (χ2v) is 4.87. The predicted octanol–water partition coefficient (Wildman–Crippen LogP) is 2.87. The Hall–Kier alpha value is -1.74. The summed E-state index contributed by atoms with van der Waals surface area (Å²) in [6, 6.07) is 12.6. The van der Waals surface area contributed by atoms with E-state index in [0.717, 1.165) is 0 Å². The molecule has 0 bridgehead atoms. The second-order valence-electron chi connectivity index (χ2n) is 3.94. The minimum Gasteiger partial charge on any atom is -0.345 e. The van der Waals surface area contributed by atoms with E-state index in [1.54, 1.807) is 11.8 Å². The fraction of sp³-hybridized carbons (Fsp3) is 0.0714. The van der Waals surface area contributed by atoms with E-state index in [9.17, 15) is 0 Å². The third-order valence-corrected chi connectivity index (χ3v) is 3.70. The Morgan fingerprint density at radius 3 is 2.88 bits per heavy atom. The Kier molecular flexibility index (Phi) is 2.61. The highest BCUT2D eigenvalue weighted by molar-refractivity contribution is 8.06. The van der Waals surface area contributed by atoms with Gasteiger partial charge in [0.05, 0.1) is 5.03 Å². The number of fused-ring (bicyclic) bond motifs is 1. The summed E-state index contributed by atoms with van der Waals surface area (Å²) in [4.78, 5) is 2.13. The van der Waals surface area contributed by atoms with Crippen LogP contribution in [0, 0.1) is 0 Å².